The fraction of sp³-hybridized carbons (Fsp3) is 0.222. The van der Waals surface area contributed by atoms with Crippen LogP contribution >= 0.6 is 0 Å². The van der Waals surface area contributed by atoms with Gasteiger partial charge in [0.1, 0.15) is 5.75 Å². The fourth-order valence-electron chi connectivity index (χ4n) is 2.15. The monoisotopic (exact) mass is 327 g/mol. The number of benzene rings is 2. The summed E-state index contributed by atoms with van der Waals surface area (Å²) in [5, 5.41) is 8.24. The minimum absolute atomic E-state index is 0.132. The highest BCUT2D eigenvalue weighted by Gasteiger charge is 2.04. The van der Waals surface area contributed by atoms with Crippen LogP contribution in [0.1, 0.15) is 19.4 Å². The molecule has 0 bridgehead atoms. The molecule has 0 fully saturated rings. The van der Waals surface area contributed by atoms with Gasteiger partial charge in [-0.3, -0.25) is 4.79 Å². The highest BCUT2D eigenvalue weighted by molar-refractivity contribution is 5.90. The molecular formula is C18H21N3O3. The first-order valence-electron chi connectivity index (χ1n) is 7.71. The molecule has 0 aromatic heterocycles. The number of rotatable bonds is 6. The van der Waals surface area contributed by atoms with E-state index < -0.39 is 0 Å². The molecule has 0 saturated carbocycles. The Morgan fingerprint density at radius 1 is 1.00 bits per heavy atom. The SMILES string of the molecule is CCOc1cccc(NC(=O)NCc2cccc(NC(C)=O)c2)c1. The molecule has 6 heteroatoms. The third-order valence-corrected chi connectivity index (χ3v) is 3.10. The average molecular weight is 327 g/mol. The van der Waals surface area contributed by atoms with Crippen LogP contribution in [0.3, 0.4) is 0 Å². The maximum atomic E-state index is 12.0. The topological polar surface area (TPSA) is 79.5 Å². The normalized spacial score (nSPS) is 9.92. The first kappa shape index (κ1) is 17.3. The number of carbonyl (C=O) groups excluding carboxylic acids is 2. The molecule has 0 atom stereocenters. The van der Waals surface area contributed by atoms with Crippen LogP contribution < -0.4 is 20.7 Å². The number of urea groups is 1. The van der Waals surface area contributed by atoms with Crippen LogP contribution in [0, 0.1) is 0 Å². The van der Waals surface area contributed by atoms with E-state index in [1.807, 2.05) is 37.3 Å². The third-order valence-electron chi connectivity index (χ3n) is 3.10. The number of carbonyl (C=O) groups is 2. The number of hydrogen-bond acceptors (Lipinski definition) is 3. The molecule has 126 valence electrons. The Morgan fingerprint density at radius 3 is 2.42 bits per heavy atom. The summed E-state index contributed by atoms with van der Waals surface area (Å²) in [6, 6.07) is 14.2. The zero-order valence-electron chi connectivity index (χ0n) is 13.8. The van der Waals surface area contributed by atoms with Crippen molar-refractivity contribution in [2.24, 2.45) is 0 Å². The summed E-state index contributed by atoms with van der Waals surface area (Å²) in [5.41, 5.74) is 2.25. The van der Waals surface area contributed by atoms with Gasteiger partial charge >= 0.3 is 6.03 Å². The molecule has 0 aliphatic rings. The van der Waals surface area contributed by atoms with Crippen LogP contribution in [0.2, 0.25) is 0 Å². The lowest BCUT2D eigenvalue weighted by molar-refractivity contribution is -0.114. The summed E-state index contributed by atoms with van der Waals surface area (Å²) in [4.78, 5) is 23.1. The summed E-state index contributed by atoms with van der Waals surface area (Å²) >= 11 is 0. The lowest BCUT2D eigenvalue weighted by atomic mass is 10.2. The van der Waals surface area contributed by atoms with Crippen molar-refractivity contribution < 1.29 is 14.3 Å². The summed E-state index contributed by atoms with van der Waals surface area (Å²) in [7, 11) is 0. The van der Waals surface area contributed by atoms with E-state index in [0.29, 0.717) is 30.3 Å². The second kappa shape index (κ2) is 8.57. The third kappa shape index (κ3) is 5.64. The van der Waals surface area contributed by atoms with Gasteiger partial charge in [0.25, 0.3) is 0 Å². The average Bonchev–Trinajstić information content (AvgIpc) is 2.53. The highest BCUT2D eigenvalue weighted by atomic mass is 16.5. The molecule has 0 radical (unpaired) electrons. The number of hydrogen-bond donors (Lipinski definition) is 3. The van der Waals surface area contributed by atoms with E-state index in [2.05, 4.69) is 16.0 Å². The first-order chi connectivity index (χ1) is 11.6. The Hall–Kier alpha value is -3.02. The van der Waals surface area contributed by atoms with Gasteiger partial charge < -0.3 is 20.7 Å². The summed E-state index contributed by atoms with van der Waals surface area (Å²) in [5.74, 6) is 0.574. The predicted molar refractivity (Wildman–Crippen MR) is 94.2 cm³/mol. The predicted octanol–water partition coefficient (Wildman–Crippen LogP) is 3.37. The second-order valence-corrected chi connectivity index (χ2v) is 5.15. The van der Waals surface area contributed by atoms with Crippen molar-refractivity contribution in [1.82, 2.24) is 5.32 Å². The van der Waals surface area contributed by atoms with Gasteiger partial charge in [-0.05, 0) is 36.8 Å². The van der Waals surface area contributed by atoms with Crippen molar-refractivity contribution in [3.05, 3.63) is 54.1 Å². The van der Waals surface area contributed by atoms with Crippen LogP contribution in [0.25, 0.3) is 0 Å². The van der Waals surface area contributed by atoms with Crippen LogP contribution in [0.4, 0.5) is 16.2 Å². The largest absolute Gasteiger partial charge is 0.494 e. The van der Waals surface area contributed by atoms with Crippen LogP contribution in [0.15, 0.2) is 48.5 Å². The number of ether oxygens (including phenoxy) is 1. The lowest BCUT2D eigenvalue weighted by Gasteiger charge is -2.10. The summed E-state index contributed by atoms with van der Waals surface area (Å²) < 4.78 is 5.40. The smallest absolute Gasteiger partial charge is 0.319 e. The van der Waals surface area contributed by atoms with Crippen molar-refractivity contribution in [2.75, 3.05) is 17.2 Å². The molecule has 6 nitrogen and oxygen atoms in total. The molecule has 2 aromatic rings. The van der Waals surface area contributed by atoms with Gasteiger partial charge in [0.2, 0.25) is 5.91 Å². The molecular weight excluding hydrogens is 306 g/mol. The molecule has 3 N–H and O–H groups in total. The van der Waals surface area contributed by atoms with Gasteiger partial charge in [-0.2, -0.15) is 0 Å². The van der Waals surface area contributed by atoms with Gasteiger partial charge in [0.15, 0.2) is 0 Å². The van der Waals surface area contributed by atoms with Gasteiger partial charge in [0, 0.05) is 30.9 Å². The number of amides is 3. The maximum absolute atomic E-state index is 12.0. The van der Waals surface area contributed by atoms with Gasteiger partial charge in [-0.1, -0.05) is 18.2 Å². The van der Waals surface area contributed by atoms with E-state index in [4.69, 9.17) is 4.74 Å². The van der Waals surface area contributed by atoms with Crippen molar-refractivity contribution in [3.63, 3.8) is 0 Å². The van der Waals surface area contributed by atoms with E-state index >= 15 is 0 Å². The maximum Gasteiger partial charge on any atom is 0.319 e. The zero-order valence-corrected chi connectivity index (χ0v) is 13.8. The van der Waals surface area contributed by atoms with Crippen LogP contribution in [-0.4, -0.2) is 18.5 Å². The van der Waals surface area contributed by atoms with Crippen LogP contribution in [-0.2, 0) is 11.3 Å². The molecule has 2 aromatic carbocycles. The quantitative estimate of drug-likeness (QED) is 0.761. The number of nitrogens with one attached hydrogen (secondary N) is 3. The highest BCUT2D eigenvalue weighted by Crippen LogP contribution is 2.17. The lowest BCUT2D eigenvalue weighted by Crippen LogP contribution is -2.28. The van der Waals surface area contributed by atoms with Crippen molar-refractivity contribution >= 4 is 23.3 Å². The molecule has 0 spiro atoms. The van der Waals surface area contributed by atoms with Gasteiger partial charge in [0.05, 0.1) is 6.61 Å². The Morgan fingerprint density at radius 2 is 1.71 bits per heavy atom. The molecule has 2 rings (SSSR count). The Labute approximate surface area is 141 Å². The fourth-order valence-corrected chi connectivity index (χ4v) is 2.15. The minimum atomic E-state index is -0.312. The van der Waals surface area contributed by atoms with Crippen molar-refractivity contribution in [2.45, 2.75) is 20.4 Å². The molecule has 0 saturated heterocycles. The van der Waals surface area contributed by atoms with Gasteiger partial charge in [-0.15, -0.1) is 0 Å². The standard InChI is InChI=1S/C18H21N3O3/c1-3-24-17-9-5-8-16(11-17)21-18(23)19-12-14-6-4-7-15(10-14)20-13(2)22/h4-11H,3,12H2,1-2H3,(H,20,22)(H2,19,21,23). The van der Waals surface area contributed by atoms with E-state index in [9.17, 15) is 9.59 Å². The zero-order chi connectivity index (χ0) is 17.4. The van der Waals surface area contributed by atoms with E-state index in [1.165, 1.54) is 6.92 Å². The molecule has 0 aliphatic heterocycles. The Bertz CT molecular complexity index is 716. The second-order valence-electron chi connectivity index (χ2n) is 5.15. The Balaban J connectivity index is 1.89. The van der Waals surface area contributed by atoms with E-state index in [1.54, 1.807) is 18.2 Å². The summed E-state index contributed by atoms with van der Waals surface area (Å²) in [6.07, 6.45) is 0. The molecule has 0 heterocycles. The molecule has 0 aliphatic carbocycles. The molecule has 24 heavy (non-hydrogen) atoms. The molecule has 0 unspecified atom stereocenters. The van der Waals surface area contributed by atoms with Crippen LogP contribution in [0.5, 0.6) is 5.75 Å². The van der Waals surface area contributed by atoms with Gasteiger partial charge in [-0.25, -0.2) is 4.79 Å². The van der Waals surface area contributed by atoms with Crippen molar-refractivity contribution in [3.8, 4) is 5.75 Å². The van der Waals surface area contributed by atoms with Crippen molar-refractivity contribution in [1.29, 1.82) is 0 Å². The van der Waals surface area contributed by atoms with E-state index in [0.717, 1.165) is 5.56 Å². The first-order valence-corrected chi connectivity index (χ1v) is 7.71. The summed E-state index contributed by atoms with van der Waals surface area (Å²) in [6.45, 7) is 4.28. The minimum Gasteiger partial charge on any atom is -0.494 e. The molecule has 3 amide bonds. The number of anilines is 2. The van der Waals surface area contributed by atoms with E-state index in [-0.39, 0.29) is 11.9 Å². The Kier molecular flexibility index (Phi) is 6.19.